The lowest BCUT2D eigenvalue weighted by Crippen LogP contribution is -2.52. The van der Waals surface area contributed by atoms with E-state index in [0.29, 0.717) is 18.7 Å². The van der Waals surface area contributed by atoms with E-state index in [9.17, 15) is 5.11 Å². The first kappa shape index (κ1) is 14.8. The van der Waals surface area contributed by atoms with Crippen LogP contribution in [0.1, 0.15) is 65.2 Å². The van der Waals surface area contributed by atoms with Crippen molar-refractivity contribution in [3.8, 4) is 0 Å². The Bertz CT molecular complexity index is 333. The van der Waals surface area contributed by atoms with E-state index in [-0.39, 0.29) is 5.54 Å². The molecule has 3 fully saturated rings. The summed E-state index contributed by atoms with van der Waals surface area (Å²) in [5.41, 5.74) is -0.00954. The van der Waals surface area contributed by atoms with Crippen LogP contribution in [0.25, 0.3) is 0 Å². The summed E-state index contributed by atoms with van der Waals surface area (Å²) in [5.74, 6) is 0.978. The Labute approximate surface area is 124 Å². The summed E-state index contributed by atoms with van der Waals surface area (Å²) in [6.07, 6.45) is 10.7. The van der Waals surface area contributed by atoms with Gasteiger partial charge in [-0.2, -0.15) is 0 Å². The molecule has 3 rings (SSSR count). The fourth-order valence-electron chi connectivity index (χ4n) is 5.26. The molecular weight excluding hydrogens is 248 g/mol. The van der Waals surface area contributed by atoms with Crippen LogP contribution in [0.3, 0.4) is 0 Å². The summed E-state index contributed by atoms with van der Waals surface area (Å²) in [5, 5.41) is 13.5. The molecule has 3 nitrogen and oxygen atoms in total. The van der Waals surface area contributed by atoms with Crippen molar-refractivity contribution in [1.82, 2.24) is 10.2 Å². The molecule has 1 heterocycles. The highest BCUT2D eigenvalue weighted by Gasteiger charge is 2.45. The summed E-state index contributed by atoms with van der Waals surface area (Å²) < 4.78 is 0. The van der Waals surface area contributed by atoms with Gasteiger partial charge in [-0.25, -0.2) is 0 Å². The SMILES string of the molecule is CC(C)NC1(CO)CCC(N2CCCC3CCCC32)C1. The summed E-state index contributed by atoms with van der Waals surface area (Å²) >= 11 is 0. The van der Waals surface area contributed by atoms with E-state index in [2.05, 4.69) is 24.1 Å². The van der Waals surface area contributed by atoms with Gasteiger partial charge in [-0.05, 0) is 57.4 Å². The standard InChI is InChI=1S/C17H32N2O/c1-13(2)18-17(12-20)9-8-15(11-17)19-10-4-6-14-5-3-7-16(14)19/h13-16,18,20H,3-12H2,1-2H3. The fraction of sp³-hybridized carbons (Fsp3) is 1.00. The first-order chi connectivity index (χ1) is 9.63. The van der Waals surface area contributed by atoms with Crippen LogP contribution in [0.5, 0.6) is 0 Å². The largest absolute Gasteiger partial charge is 0.394 e. The highest BCUT2D eigenvalue weighted by atomic mass is 16.3. The number of hydrogen-bond acceptors (Lipinski definition) is 3. The van der Waals surface area contributed by atoms with E-state index < -0.39 is 0 Å². The third-order valence-electron chi connectivity index (χ3n) is 5.99. The van der Waals surface area contributed by atoms with Crippen LogP contribution >= 0.6 is 0 Å². The number of nitrogens with one attached hydrogen (secondary N) is 1. The highest BCUT2D eigenvalue weighted by Crippen LogP contribution is 2.42. The molecule has 2 aliphatic carbocycles. The molecule has 0 radical (unpaired) electrons. The number of rotatable bonds is 4. The van der Waals surface area contributed by atoms with Crippen molar-refractivity contribution in [2.45, 2.75) is 88.9 Å². The fourth-order valence-corrected chi connectivity index (χ4v) is 5.26. The molecule has 3 heteroatoms. The van der Waals surface area contributed by atoms with Gasteiger partial charge in [0.15, 0.2) is 0 Å². The number of piperidine rings is 1. The molecule has 116 valence electrons. The predicted molar refractivity (Wildman–Crippen MR) is 82.8 cm³/mol. The monoisotopic (exact) mass is 280 g/mol. The maximum Gasteiger partial charge on any atom is 0.0614 e. The summed E-state index contributed by atoms with van der Waals surface area (Å²) in [6.45, 7) is 5.98. The van der Waals surface area contributed by atoms with Gasteiger partial charge in [-0.3, -0.25) is 4.90 Å². The topological polar surface area (TPSA) is 35.5 Å². The number of likely N-dealkylation sites (tertiary alicyclic amines) is 1. The van der Waals surface area contributed by atoms with Gasteiger partial charge in [0, 0.05) is 23.7 Å². The van der Waals surface area contributed by atoms with E-state index in [1.54, 1.807) is 0 Å². The minimum absolute atomic E-state index is 0.00954. The minimum atomic E-state index is -0.00954. The molecule has 4 atom stereocenters. The normalized spacial score (nSPS) is 42.3. The van der Waals surface area contributed by atoms with E-state index in [1.807, 2.05) is 0 Å². The van der Waals surface area contributed by atoms with Gasteiger partial charge < -0.3 is 10.4 Å². The Hall–Kier alpha value is -0.120. The van der Waals surface area contributed by atoms with Crippen LogP contribution in [0.2, 0.25) is 0 Å². The van der Waals surface area contributed by atoms with Gasteiger partial charge in [-0.1, -0.05) is 20.3 Å². The van der Waals surface area contributed by atoms with E-state index >= 15 is 0 Å². The van der Waals surface area contributed by atoms with Crippen LogP contribution < -0.4 is 5.32 Å². The molecular formula is C17H32N2O. The second-order valence-electron chi connectivity index (χ2n) is 7.77. The van der Waals surface area contributed by atoms with Crippen molar-refractivity contribution < 1.29 is 5.11 Å². The third-order valence-corrected chi connectivity index (χ3v) is 5.99. The number of hydrogen-bond donors (Lipinski definition) is 2. The van der Waals surface area contributed by atoms with Crippen LogP contribution in [0, 0.1) is 5.92 Å². The Balaban J connectivity index is 1.66. The summed E-state index contributed by atoms with van der Waals surface area (Å²) in [4.78, 5) is 2.83. The van der Waals surface area contributed by atoms with Crippen molar-refractivity contribution in [3.63, 3.8) is 0 Å². The lowest BCUT2D eigenvalue weighted by atomic mass is 9.89. The van der Waals surface area contributed by atoms with Crippen LogP contribution in [0.15, 0.2) is 0 Å². The molecule has 1 aliphatic heterocycles. The molecule has 2 N–H and O–H groups in total. The molecule has 0 aromatic carbocycles. The van der Waals surface area contributed by atoms with Crippen molar-refractivity contribution in [2.24, 2.45) is 5.92 Å². The maximum atomic E-state index is 9.89. The summed E-state index contributed by atoms with van der Waals surface area (Å²) in [6, 6.07) is 2.03. The Morgan fingerprint density at radius 2 is 2.00 bits per heavy atom. The molecule has 0 spiro atoms. The van der Waals surface area contributed by atoms with Crippen LogP contribution in [0.4, 0.5) is 0 Å². The minimum Gasteiger partial charge on any atom is -0.394 e. The number of aliphatic hydroxyl groups excluding tert-OH is 1. The van der Waals surface area contributed by atoms with Crippen LogP contribution in [-0.4, -0.2) is 46.8 Å². The molecule has 3 aliphatic rings. The molecule has 0 aromatic rings. The molecule has 0 bridgehead atoms. The zero-order chi connectivity index (χ0) is 14.2. The second kappa shape index (κ2) is 5.94. The van der Waals surface area contributed by atoms with Crippen molar-refractivity contribution in [3.05, 3.63) is 0 Å². The number of aliphatic hydroxyl groups is 1. The lowest BCUT2D eigenvalue weighted by molar-refractivity contribution is 0.0606. The molecule has 1 saturated heterocycles. The number of nitrogens with zero attached hydrogens (tertiary/aromatic N) is 1. The lowest BCUT2D eigenvalue weighted by Gasteiger charge is -2.42. The van der Waals surface area contributed by atoms with Gasteiger partial charge >= 0.3 is 0 Å². The van der Waals surface area contributed by atoms with Gasteiger partial charge in [0.1, 0.15) is 0 Å². The first-order valence-electron chi connectivity index (χ1n) is 8.78. The maximum absolute atomic E-state index is 9.89. The zero-order valence-corrected chi connectivity index (χ0v) is 13.3. The zero-order valence-electron chi connectivity index (χ0n) is 13.3. The second-order valence-corrected chi connectivity index (χ2v) is 7.77. The average molecular weight is 280 g/mol. The third kappa shape index (κ3) is 2.77. The van der Waals surface area contributed by atoms with Gasteiger partial charge in [-0.15, -0.1) is 0 Å². The highest BCUT2D eigenvalue weighted by molar-refractivity contribution is 5.03. The van der Waals surface area contributed by atoms with E-state index in [4.69, 9.17) is 0 Å². The van der Waals surface area contributed by atoms with Gasteiger partial charge in [0.2, 0.25) is 0 Å². The average Bonchev–Trinajstić information content (AvgIpc) is 3.04. The molecule has 4 unspecified atom stereocenters. The smallest absolute Gasteiger partial charge is 0.0614 e. The Kier molecular flexibility index (Phi) is 4.40. The first-order valence-corrected chi connectivity index (χ1v) is 8.78. The Morgan fingerprint density at radius 3 is 2.75 bits per heavy atom. The quantitative estimate of drug-likeness (QED) is 0.830. The van der Waals surface area contributed by atoms with Gasteiger partial charge in [0.05, 0.1) is 6.61 Å². The van der Waals surface area contributed by atoms with E-state index in [1.165, 1.54) is 45.1 Å². The molecule has 0 amide bonds. The van der Waals surface area contributed by atoms with Crippen LogP contribution in [-0.2, 0) is 0 Å². The van der Waals surface area contributed by atoms with Crippen molar-refractivity contribution in [2.75, 3.05) is 13.2 Å². The molecule has 20 heavy (non-hydrogen) atoms. The van der Waals surface area contributed by atoms with E-state index in [0.717, 1.165) is 24.8 Å². The molecule has 2 saturated carbocycles. The van der Waals surface area contributed by atoms with Crippen molar-refractivity contribution >= 4 is 0 Å². The summed E-state index contributed by atoms with van der Waals surface area (Å²) in [7, 11) is 0. The van der Waals surface area contributed by atoms with Crippen molar-refractivity contribution in [1.29, 1.82) is 0 Å². The predicted octanol–water partition coefficient (Wildman–Crippen LogP) is 2.53. The Morgan fingerprint density at radius 1 is 1.20 bits per heavy atom. The number of fused-ring (bicyclic) bond motifs is 1. The molecule has 0 aromatic heterocycles. The van der Waals surface area contributed by atoms with Gasteiger partial charge in [0.25, 0.3) is 0 Å².